The lowest BCUT2D eigenvalue weighted by molar-refractivity contribution is 0.237. The third-order valence-electron chi connectivity index (χ3n) is 5.32. The van der Waals surface area contributed by atoms with E-state index in [1.165, 1.54) is 0 Å². The molecule has 1 fully saturated rings. The predicted molar refractivity (Wildman–Crippen MR) is 107 cm³/mol. The number of aromatic nitrogens is 3. The van der Waals surface area contributed by atoms with Crippen LogP contribution >= 0.6 is 0 Å². The molecule has 1 N–H and O–H groups in total. The Morgan fingerprint density at radius 2 is 1.93 bits per heavy atom. The van der Waals surface area contributed by atoms with E-state index >= 15 is 0 Å². The van der Waals surface area contributed by atoms with Crippen molar-refractivity contribution in [3.05, 3.63) is 47.2 Å². The van der Waals surface area contributed by atoms with Gasteiger partial charge in [-0.1, -0.05) is 6.07 Å². The van der Waals surface area contributed by atoms with Crippen LogP contribution in [0.25, 0.3) is 0 Å². The van der Waals surface area contributed by atoms with Gasteiger partial charge in [-0.05, 0) is 40.1 Å². The van der Waals surface area contributed by atoms with Gasteiger partial charge in [-0.25, -0.2) is 9.97 Å². The van der Waals surface area contributed by atoms with Crippen LogP contribution in [0.2, 0.25) is 0 Å². The number of nitrogens with zero attached hydrogens (tertiary/aromatic N) is 6. The average molecular weight is 371 g/mol. The molecule has 0 saturated carbocycles. The number of hydrogen-bond acceptors (Lipinski definition) is 7. The van der Waals surface area contributed by atoms with E-state index in [1.807, 2.05) is 31.3 Å². The van der Waals surface area contributed by atoms with Crippen LogP contribution in [0.3, 0.4) is 0 Å². The first-order valence-corrected chi connectivity index (χ1v) is 9.51. The highest BCUT2D eigenvalue weighted by Crippen LogP contribution is 2.25. The number of hydrogen-bond donors (Lipinski definition) is 1. The molecule has 0 aromatic carbocycles. The van der Waals surface area contributed by atoms with Crippen LogP contribution in [-0.2, 0) is 13.2 Å². The summed E-state index contributed by atoms with van der Waals surface area (Å²) < 4.78 is 0. The van der Waals surface area contributed by atoms with Crippen molar-refractivity contribution in [1.29, 1.82) is 0 Å². The maximum atomic E-state index is 10.1. The number of aliphatic hydroxyl groups is 1. The number of aryl methyl sites for hydroxylation is 1. The summed E-state index contributed by atoms with van der Waals surface area (Å²) in [4.78, 5) is 20.6. The van der Waals surface area contributed by atoms with Crippen molar-refractivity contribution < 1.29 is 5.11 Å². The van der Waals surface area contributed by atoms with Crippen molar-refractivity contribution in [3.63, 3.8) is 0 Å². The van der Waals surface area contributed by atoms with E-state index in [0.717, 1.165) is 54.8 Å². The Morgan fingerprint density at radius 3 is 2.56 bits per heavy atom. The van der Waals surface area contributed by atoms with Gasteiger partial charge >= 0.3 is 0 Å². The molecule has 0 unspecified atom stereocenters. The van der Waals surface area contributed by atoms with Gasteiger partial charge in [0.05, 0.1) is 18.0 Å². The topological polar surface area (TPSA) is 68.6 Å². The Labute approximate surface area is 161 Å². The molecule has 0 bridgehead atoms. The molecule has 1 aliphatic heterocycles. The third kappa shape index (κ3) is 4.61. The molecule has 146 valence electrons. The van der Waals surface area contributed by atoms with Crippen LogP contribution < -0.4 is 4.90 Å². The summed E-state index contributed by atoms with van der Waals surface area (Å²) in [5, 5.41) is 10.1. The summed E-state index contributed by atoms with van der Waals surface area (Å²) in [6.45, 7) is 8.47. The smallest absolute Gasteiger partial charge is 0.138 e. The van der Waals surface area contributed by atoms with E-state index < -0.39 is 0 Å². The van der Waals surface area contributed by atoms with Gasteiger partial charge in [0.15, 0.2) is 0 Å². The molecule has 0 spiro atoms. The highest BCUT2D eigenvalue weighted by molar-refractivity contribution is 5.49. The summed E-state index contributed by atoms with van der Waals surface area (Å²) >= 11 is 0. The second-order valence-electron chi connectivity index (χ2n) is 7.31. The van der Waals surface area contributed by atoms with Gasteiger partial charge in [0.1, 0.15) is 11.6 Å². The molecule has 2 aromatic heterocycles. The van der Waals surface area contributed by atoms with Gasteiger partial charge in [0, 0.05) is 50.5 Å². The predicted octanol–water partition coefficient (Wildman–Crippen LogP) is 1.62. The molecule has 27 heavy (non-hydrogen) atoms. The molecule has 0 amide bonds. The van der Waals surface area contributed by atoms with Gasteiger partial charge in [-0.15, -0.1) is 0 Å². The van der Waals surface area contributed by atoms with Gasteiger partial charge in [-0.2, -0.15) is 0 Å². The zero-order chi connectivity index (χ0) is 19.4. The van der Waals surface area contributed by atoms with Crippen molar-refractivity contribution >= 4 is 5.82 Å². The Morgan fingerprint density at radius 1 is 1.19 bits per heavy atom. The molecule has 2 aromatic rings. The van der Waals surface area contributed by atoms with Crippen molar-refractivity contribution in [1.82, 2.24) is 24.8 Å². The molecular weight excluding hydrogens is 340 g/mol. The van der Waals surface area contributed by atoms with Gasteiger partial charge < -0.3 is 14.9 Å². The van der Waals surface area contributed by atoms with Crippen LogP contribution in [0, 0.1) is 6.92 Å². The Bertz CT molecular complexity index is 746. The summed E-state index contributed by atoms with van der Waals surface area (Å²) in [6, 6.07) is 6.12. The number of piperazine rings is 1. The van der Waals surface area contributed by atoms with E-state index in [2.05, 4.69) is 50.7 Å². The fourth-order valence-electron chi connectivity index (χ4n) is 3.43. The minimum atomic E-state index is -0.0525. The van der Waals surface area contributed by atoms with E-state index in [0.29, 0.717) is 6.54 Å². The lowest BCUT2D eigenvalue weighted by Crippen LogP contribution is -2.45. The average Bonchev–Trinajstić information content (AvgIpc) is 2.68. The van der Waals surface area contributed by atoms with Gasteiger partial charge in [-0.3, -0.25) is 9.88 Å². The summed E-state index contributed by atoms with van der Waals surface area (Å²) in [5.41, 5.74) is 2.75. The first-order valence-electron chi connectivity index (χ1n) is 9.51. The molecule has 7 nitrogen and oxygen atoms in total. The van der Waals surface area contributed by atoms with Gasteiger partial charge in [0.2, 0.25) is 0 Å². The molecule has 0 radical (unpaired) electrons. The molecule has 1 aliphatic rings. The Kier molecular flexibility index (Phi) is 6.36. The number of likely N-dealkylation sites (N-methyl/N-ethyl adjacent to an activating group) is 1. The first-order chi connectivity index (χ1) is 13.0. The quantitative estimate of drug-likeness (QED) is 0.829. The molecule has 3 rings (SSSR count). The minimum absolute atomic E-state index is 0.0525. The van der Waals surface area contributed by atoms with Crippen molar-refractivity contribution in [2.24, 2.45) is 0 Å². The van der Waals surface area contributed by atoms with E-state index in [1.54, 1.807) is 0 Å². The SMILES string of the molecule is Cc1nc(CN(C)[C@@H](C)c2ccccn2)c(CO)c(N2CCN(C)CC2)n1. The number of rotatable bonds is 6. The fourth-order valence-corrected chi connectivity index (χ4v) is 3.43. The standard InChI is InChI=1S/C20H30N6O/c1-15(18-7-5-6-8-21-18)25(4)13-19-17(14-27)20(23-16(2)22-19)26-11-9-24(3)10-12-26/h5-8,15,27H,9-14H2,1-4H3/t15-/m0/s1. The van der Waals surface area contributed by atoms with Crippen LogP contribution in [0.4, 0.5) is 5.82 Å². The lowest BCUT2D eigenvalue weighted by Gasteiger charge is -2.35. The molecule has 1 atom stereocenters. The zero-order valence-corrected chi connectivity index (χ0v) is 16.8. The normalized spacial score (nSPS) is 16.7. The second kappa shape index (κ2) is 8.73. The van der Waals surface area contributed by atoms with Crippen molar-refractivity contribution in [3.8, 4) is 0 Å². The largest absolute Gasteiger partial charge is 0.391 e. The minimum Gasteiger partial charge on any atom is -0.391 e. The molecule has 7 heteroatoms. The molecule has 1 saturated heterocycles. The molecule has 0 aliphatic carbocycles. The van der Waals surface area contributed by atoms with Gasteiger partial charge in [0.25, 0.3) is 0 Å². The van der Waals surface area contributed by atoms with Crippen molar-refractivity contribution in [2.45, 2.75) is 33.0 Å². The van der Waals surface area contributed by atoms with Crippen molar-refractivity contribution in [2.75, 3.05) is 45.2 Å². The monoisotopic (exact) mass is 370 g/mol. The van der Waals surface area contributed by atoms with Crippen LogP contribution in [0.1, 0.15) is 35.7 Å². The fraction of sp³-hybridized carbons (Fsp3) is 0.550. The number of anilines is 1. The van der Waals surface area contributed by atoms with Crippen LogP contribution in [0.5, 0.6) is 0 Å². The molecular formula is C20H30N6O. The highest BCUT2D eigenvalue weighted by Gasteiger charge is 2.23. The Balaban J connectivity index is 1.84. The number of aliphatic hydroxyl groups excluding tert-OH is 1. The summed E-state index contributed by atoms with van der Waals surface area (Å²) in [6.07, 6.45) is 1.82. The maximum Gasteiger partial charge on any atom is 0.138 e. The third-order valence-corrected chi connectivity index (χ3v) is 5.32. The second-order valence-corrected chi connectivity index (χ2v) is 7.31. The first kappa shape index (κ1) is 19.7. The van der Waals surface area contributed by atoms with E-state index in [-0.39, 0.29) is 12.6 Å². The van der Waals surface area contributed by atoms with E-state index in [4.69, 9.17) is 0 Å². The molecule has 3 heterocycles. The summed E-state index contributed by atoms with van der Waals surface area (Å²) in [5.74, 6) is 1.63. The number of pyridine rings is 1. The maximum absolute atomic E-state index is 10.1. The lowest BCUT2D eigenvalue weighted by atomic mass is 10.1. The summed E-state index contributed by atoms with van der Waals surface area (Å²) in [7, 11) is 4.20. The van der Waals surface area contributed by atoms with Crippen LogP contribution in [-0.4, -0.2) is 70.1 Å². The Hall–Kier alpha value is -2.09. The van der Waals surface area contributed by atoms with Crippen LogP contribution in [0.15, 0.2) is 24.4 Å². The van der Waals surface area contributed by atoms with E-state index in [9.17, 15) is 5.11 Å². The zero-order valence-electron chi connectivity index (χ0n) is 16.8. The highest BCUT2D eigenvalue weighted by atomic mass is 16.3.